The summed E-state index contributed by atoms with van der Waals surface area (Å²) in [7, 11) is 0. The molecule has 0 radical (unpaired) electrons. The van der Waals surface area contributed by atoms with E-state index >= 15 is 0 Å². The Labute approximate surface area is 627 Å². The number of nitrogens with zero attached hydrogens (tertiary/aromatic N) is 1. The van der Waals surface area contributed by atoms with Gasteiger partial charge >= 0.3 is 0 Å². The molecule has 14 rings (SSSR count). The van der Waals surface area contributed by atoms with Gasteiger partial charge in [0.15, 0.2) is 0 Å². The van der Waals surface area contributed by atoms with Gasteiger partial charge in [-0.15, -0.1) is 0 Å². The fourth-order valence-corrected chi connectivity index (χ4v) is 20.0. The van der Waals surface area contributed by atoms with Crippen LogP contribution in [0.2, 0.25) is 0 Å². The Morgan fingerprint density at radius 3 is 1.00 bits per heavy atom. The van der Waals surface area contributed by atoms with E-state index in [-0.39, 0.29) is 10.8 Å². The fraction of sp³-hybridized carbons (Fsp3) is 0.417. The highest BCUT2D eigenvalue weighted by molar-refractivity contribution is 6.12. The minimum atomic E-state index is -0.497. The van der Waals surface area contributed by atoms with Crippen molar-refractivity contribution in [2.75, 3.05) is 0 Å². The molecule has 0 unspecified atom stereocenters. The highest BCUT2D eigenvalue weighted by Crippen LogP contribution is 2.59. The summed E-state index contributed by atoms with van der Waals surface area (Å²) in [6, 6.07) is 83.7. The van der Waals surface area contributed by atoms with E-state index in [9.17, 15) is 0 Å². The van der Waals surface area contributed by atoms with Crippen molar-refractivity contribution in [2.45, 2.75) is 277 Å². The first kappa shape index (κ1) is 72.9. The van der Waals surface area contributed by atoms with E-state index in [2.05, 4.69) is 259 Å². The van der Waals surface area contributed by atoms with Crippen LogP contribution in [0.5, 0.6) is 0 Å². The van der Waals surface area contributed by atoms with Crippen molar-refractivity contribution in [2.24, 2.45) is 0 Å². The Hall–Kier alpha value is -8.00. The smallest absolute Gasteiger partial charge is 0.0713 e. The van der Waals surface area contributed by atoms with Gasteiger partial charge in [-0.1, -0.05) is 377 Å². The molecule has 0 N–H and O–H groups in total. The van der Waals surface area contributed by atoms with E-state index in [1.165, 1.54) is 328 Å². The van der Waals surface area contributed by atoms with Crippen molar-refractivity contribution in [1.82, 2.24) is 4.57 Å². The molecule has 1 nitrogen and oxygen atoms in total. The van der Waals surface area contributed by atoms with Crippen molar-refractivity contribution in [1.29, 1.82) is 0 Å². The van der Waals surface area contributed by atoms with Crippen molar-refractivity contribution in [3.8, 4) is 61.3 Å². The molecule has 0 fully saturated rings. The number of hydrogen-bond donors (Lipinski definition) is 0. The molecule has 0 saturated carbocycles. The lowest BCUT2D eigenvalue weighted by molar-refractivity contribution is 0.398. The molecule has 0 saturated heterocycles. The van der Waals surface area contributed by atoms with E-state index in [1.54, 1.807) is 22.3 Å². The van der Waals surface area contributed by atoms with Crippen LogP contribution in [-0.2, 0) is 22.7 Å². The average Bonchev–Trinajstić information content (AvgIpc) is 1.54. The first-order chi connectivity index (χ1) is 51.2. The third kappa shape index (κ3) is 14.4. The highest BCUT2D eigenvalue weighted by Gasteiger charge is 2.47. The standard InChI is InChI=1S/C103H121N/c1-8-13-18-23-27-36-65-101(66-37-28-24-19-14-9-2)93-43-34-32-41-85(93)87-61-49-80(73-95(87)101)78-51-63-99-91(71-78)92-72-79(81-50-62-88-86-42-33-35-44-94(86)102(96(88)74-81,67-38-29-25-20-15-10-3)68-39-30-26-21-16-11-4)52-64-100(92)104(99)84-57-55-83(56-58-84)103(82-53-47-77(48-54-82)40-31-22-17-12-5)97-69-75(6)45-59-89(97)90-60-46-76(7)70-98(90)103/h32-35,41-64,69-74H,8-31,36-40,65-68H2,1-7H3. The van der Waals surface area contributed by atoms with Gasteiger partial charge in [0, 0.05) is 27.3 Å². The fourth-order valence-electron chi connectivity index (χ4n) is 20.0. The number of aromatic nitrogens is 1. The third-order valence-electron chi connectivity index (χ3n) is 25.5. The van der Waals surface area contributed by atoms with Crippen LogP contribution >= 0.6 is 0 Å². The molecule has 10 aromatic carbocycles. The van der Waals surface area contributed by atoms with Gasteiger partial charge < -0.3 is 4.57 Å². The van der Waals surface area contributed by atoms with E-state index in [4.69, 9.17) is 0 Å². The number of fused-ring (bicyclic) bond motifs is 12. The zero-order valence-corrected chi connectivity index (χ0v) is 64.9. The predicted octanol–water partition coefficient (Wildman–Crippen LogP) is 30.8. The molecule has 11 aromatic rings. The minimum absolute atomic E-state index is 0.00690. The summed E-state index contributed by atoms with van der Waals surface area (Å²) in [5.74, 6) is 0. The second kappa shape index (κ2) is 33.6. The van der Waals surface area contributed by atoms with Crippen molar-refractivity contribution in [3.63, 3.8) is 0 Å². The molecule has 0 amide bonds. The predicted molar refractivity (Wildman–Crippen MR) is 451 cm³/mol. The Kier molecular flexibility index (Phi) is 23.6. The van der Waals surface area contributed by atoms with Crippen LogP contribution in [0.4, 0.5) is 0 Å². The van der Waals surface area contributed by atoms with Crippen LogP contribution in [0.1, 0.15) is 301 Å². The summed E-state index contributed by atoms with van der Waals surface area (Å²) < 4.78 is 2.60. The van der Waals surface area contributed by atoms with Crippen LogP contribution in [-0.4, -0.2) is 4.57 Å². The molecule has 0 aliphatic heterocycles. The largest absolute Gasteiger partial charge is 0.309 e. The van der Waals surface area contributed by atoms with E-state index < -0.39 is 5.41 Å². The van der Waals surface area contributed by atoms with Crippen LogP contribution in [0.25, 0.3) is 83.1 Å². The monoisotopic (exact) mass is 1370 g/mol. The van der Waals surface area contributed by atoms with Gasteiger partial charge in [0.1, 0.15) is 0 Å². The van der Waals surface area contributed by atoms with Gasteiger partial charge in [-0.3, -0.25) is 0 Å². The summed E-state index contributed by atoms with van der Waals surface area (Å²) >= 11 is 0. The zero-order valence-electron chi connectivity index (χ0n) is 64.9. The Morgan fingerprint density at radius 2 is 0.587 bits per heavy atom. The Bertz CT molecular complexity index is 4420. The molecule has 538 valence electrons. The third-order valence-corrected chi connectivity index (χ3v) is 25.5. The molecule has 3 aliphatic carbocycles. The van der Waals surface area contributed by atoms with Gasteiger partial charge in [0.2, 0.25) is 0 Å². The van der Waals surface area contributed by atoms with Crippen molar-refractivity contribution < 1.29 is 0 Å². The molecule has 1 aromatic heterocycles. The molecular weight excluding hydrogens is 1250 g/mol. The lowest BCUT2D eigenvalue weighted by Gasteiger charge is -2.34. The molecule has 104 heavy (non-hydrogen) atoms. The van der Waals surface area contributed by atoms with Gasteiger partial charge in [-0.25, -0.2) is 0 Å². The summed E-state index contributed by atoms with van der Waals surface area (Å²) in [6.07, 6.45) is 42.7. The summed E-state index contributed by atoms with van der Waals surface area (Å²) in [5, 5.41) is 2.62. The quantitative estimate of drug-likeness (QED) is 0.0340. The number of hydrogen-bond acceptors (Lipinski definition) is 0. The summed E-state index contributed by atoms with van der Waals surface area (Å²) in [5.41, 5.74) is 32.7. The second-order valence-corrected chi connectivity index (χ2v) is 32.5. The zero-order chi connectivity index (χ0) is 71.5. The molecule has 3 aliphatic rings. The molecule has 0 bridgehead atoms. The normalized spacial score (nSPS) is 14.1. The maximum absolute atomic E-state index is 2.68. The van der Waals surface area contributed by atoms with Crippen LogP contribution in [0.15, 0.2) is 206 Å². The number of aryl methyl sites for hydroxylation is 3. The van der Waals surface area contributed by atoms with E-state index in [1.807, 2.05) is 0 Å². The van der Waals surface area contributed by atoms with Gasteiger partial charge in [-0.2, -0.15) is 0 Å². The Balaban J connectivity index is 0.914. The summed E-state index contributed by atoms with van der Waals surface area (Å²) in [6.45, 7) is 16.2. The topological polar surface area (TPSA) is 4.93 Å². The van der Waals surface area contributed by atoms with Crippen LogP contribution < -0.4 is 0 Å². The first-order valence-electron chi connectivity index (χ1n) is 42.2. The van der Waals surface area contributed by atoms with Gasteiger partial charge in [0.05, 0.1) is 16.4 Å². The van der Waals surface area contributed by atoms with Crippen LogP contribution in [0.3, 0.4) is 0 Å². The van der Waals surface area contributed by atoms with E-state index in [0.717, 1.165) is 6.42 Å². The molecule has 0 atom stereocenters. The summed E-state index contributed by atoms with van der Waals surface area (Å²) in [4.78, 5) is 0. The number of unbranched alkanes of at least 4 members (excludes halogenated alkanes) is 23. The molecule has 1 heteroatoms. The first-order valence-corrected chi connectivity index (χ1v) is 42.2. The molecule has 1 heterocycles. The van der Waals surface area contributed by atoms with E-state index in [0.29, 0.717) is 0 Å². The maximum atomic E-state index is 2.68. The number of benzene rings is 10. The average molecular weight is 1370 g/mol. The second-order valence-electron chi connectivity index (χ2n) is 32.5. The van der Waals surface area contributed by atoms with Crippen LogP contribution in [0, 0.1) is 13.8 Å². The van der Waals surface area contributed by atoms with Crippen molar-refractivity contribution in [3.05, 3.63) is 267 Å². The Morgan fingerprint density at radius 1 is 0.260 bits per heavy atom. The van der Waals surface area contributed by atoms with Gasteiger partial charge in [0.25, 0.3) is 0 Å². The maximum Gasteiger partial charge on any atom is 0.0713 e. The molecular formula is C103H121N. The lowest BCUT2D eigenvalue weighted by atomic mass is 9.67. The van der Waals surface area contributed by atoms with Gasteiger partial charge in [-0.05, 0) is 207 Å². The molecule has 0 spiro atoms. The highest BCUT2D eigenvalue weighted by atomic mass is 15.0. The SMILES string of the molecule is CCCCCCCCC1(CCCCCCCC)c2ccccc2-c2ccc(-c3ccc4c(c3)c3cc(-c5ccc6c(c5)C(CCCCCCCC)(CCCCCCCC)c5ccccc5-6)ccc3n4-c3ccc(C4(c5ccc(CCCCCC)cc5)c5cc(C)ccc5-c5ccc(C)cc54)cc3)cc21. The lowest BCUT2D eigenvalue weighted by Crippen LogP contribution is -2.29. The number of rotatable bonds is 38. The minimum Gasteiger partial charge on any atom is -0.309 e. The van der Waals surface area contributed by atoms with Crippen molar-refractivity contribution >= 4 is 21.8 Å².